The molecule has 0 spiro atoms. The second kappa shape index (κ2) is 5.02. The quantitative estimate of drug-likeness (QED) is 0.446. The van der Waals surface area contributed by atoms with Gasteiger partial charge < -0.3 is 10.8 Å². The second-order valence-corrected chi connectivity index (χ2v) is 1.93. The van der Waals surface area contributed by atoms with E-state index in [1.807, 2.05) is 0 Å². The number of carbonyl (C=O) groups excluding carboxylic acids is 1. The molecule has 0 saturated carbocycles. The van der Waals surface area contributed by atoms with Crippen LogP contribution in [0, 0.1) is 12.0 Å². The predicted molar refractivity (Wildman–Crippen MR) is 42.0 cm³/mol. The molecule has 0 aromatic heterocycles. The lowest BCUT2D eigenvalue weighted by Crippen LogP contribution is -2.35. The SMILES string of the molecule is [2H]NC(=O)N(C#CCC)CC(=O)O. The van der Waals surface area contributed by atoms with Crippen LogP contribution in [0.25, 0.3) is 0 Å². The van der Waals surface area contributed by atoms with Gasteiger partial charge in [0.2, 0.25) is 0 Å². The molecule has 0 unspecified atom stereocenters. The highest BCUT2D eigenvalue weighted by molar-refractivity contribution is 5.80. The summed E-state index contributed by atoms with van der Waals surface area (Å²) in [5.74, 6) is 1.37. The highest BCUT2D eigenvalue weighted by Gasteiger charge is 2.09. The molecule has 5 nitrogen and oxygen atoms in total. The Morgan fingerprint density at radius 3 is 2.83 bits per heavy atom. The molecular weight excluding hydrogens is 160 g/mol. The second-order valence-electron chi connectivity index (χ2n) is 1.93. The summed E-state index contributed by atoms with van der Waals surface area (Å²) in [6.45, 7) is 1.24. The molecule has 0 bridgehead atoms. The van der Waals surface area contributed by atoms with Crippen molar-refractivity contribution in [2.45, 2.75) is 13.3 Å². The first kappa shape index (κ1) is 8.40. The Hall–Kier alpha value is -1.70. The van der Waals surface area contributed by atoms with Crippen LogP contribution in [0.1, 0.15) is 13.3 Å². The van der Waals surface area contributed by atoms with Crippen molar-refractivity contribution >= 4 is 12.0 Å². The van der Waals surface area contributed by atoms with Crippen LogP contribution in [0.3, 0.4) is 0 Å². The molecule has 0 saturated heterocycles. The Morgan fingerprint density at radius 1 is 1.75 bits per heavy atom. The van der Waals surface area contributed by atoms with Crippen LogP contribution in [0.5, 0.6) is 0 Å². The van der Waals surface area contributed by atoms with Crippen molar-refractivity contribution in [1.29, 1.82) is 0 Å². The molecule has 0 aromatic carbocycles. The number of nitrogens with two attached hydrogens (primary N) is 1. The first-order chi connectivity index (χ1) is 6.11. The van der Waals surface area contributed by atoms with Gasteiger partial charge in [-0.1, -0.05) is 12.8 Å². The molecule has 0 aliphatic carbocycles. The van der Waals surface area contributed by atoms with Crippen molar-refractivity contribution < 1.29 is 16.1 Å². The maximum atomic E-state index is 10.8. The topological polar surface area (TPSA) is 83.6 Å². The number of primary amides is 1. The Balaban J connectivity index is 4.36. The fourth-order valence-electron chi connectivity index (χ4n) is 0.472. The first-order valence-corrected chi connectivity index (χ1v) is 3.31. The number of carbonyl (C=O) groups is 2. The van der Waals surface area contributed by atoms with Crippen LogP contribution in [-0.4, -0.2) is 28.6 Å². The Morgan fingerprint density at radius 2 is 2.42 bits per heavy atom. The summed E-state index contributed by atoms with van der Waals surface area (Å²) in [7, 11) is 0. The minimum atomic E-state index is -1.17. The third-order valence-electron chi connectivity index (χ3n) is 0.929. The summed E-state index contributed by atoms with van der Waals surface area (Å²) in [5, 5.41) is 8.38. The molecule has 0 atom stereocenters. The lowest BCUT2D eigenvalue weighted by atomic mass is 10.5. The summed E-state index contributed by atoms with van der Waals surface area (Å²) in [6.07, 6.45) is 0.515. The van der Waals surface area contributed by atoms with Gasteiger partial charge in [0.05, 0.1) is 0 Å². The normalized spacial score (nSPS) is 8.92. The van der Waals surface area contributed by atoms with Crippen molar-refractivity contribution in [1.82, 2.24) is 4.90 Å². The van der Waals surface area contributed by atoms with Gasteiger partial charge in [-0.05, 0) is 0 Å². The van der Waals surface area contributed by atoms with Crippen LogP contribution in [-0.2, 0) is 4.79 Å². The van der Waals surface area contributed by atoms with Crippen LogP contribution in [0.15, 0.2) is 0 Å². The molecule has 2 amide bonds. The predicted octanol–water partition coefficient (Wildman–Crippen LogP) is -0.177. The van der Waals surface area contributed by atoms with Gasteiger partial charge in [-0.2, -0.15) is 0 Å². The van der Waals surface area contributed by atoms with E-state index in [0.29, 0.717) is 6.42 Å². The number of rotatable bonds is 2. The number of amides is 2. The number of hydrogen-bond acceptors (Lipinski definition) is 2. The molecule has 0 heterocycles. The number of carboxylic acid groups (broad SMARTS) is 1. The maximum Gasteiger partial charge on any atom is 0.326 e. The van der Waals surface area contributed by atoms with Gasteiger partial charge in [-0.25, -0.2) is 9.69 Å². The van der Waals surface area contributed by atoms with Gasteiger partial charge in [-0.3, -0.25) is 4.79 Å². The lowest BCUT2D eigenvalue weighted by molar-refractivity contribution is -0.137. The molecular formula is C7H10N2O3. The van der Waals surface area contributed by atoms with Crippen molar-refractivity contribution in [3.8, 4) is 12.0 Å². The molecule has 0 rings (SSSR count). The van der Waals surface area contributed by atoms with Crippen molar-refractivity contribution in [3.05, 3.63) is 0 Å². The zero-order valence-corrected chi connectivity index (χ0v) is 6.63. The third kappa shape index (κ3) is 4.17. The average Bonchev–Trinajstić information content (AvgIpc) is 2.10. The summed E-state index contributed by atoms with van der Waals surface area (Å²) >= 11 is 0. The van der Waals surface area contributed by atoms with Crippen molar-refractivity contribution in [3.63, 3.8) is 0 Å². The Kier molecular flexibility index (Phi) is 3.51. The lowest BCUT2D eigenvalue weighted by Gasteiger charge is -2.08. The van der Waals surface area contributed by atoms with Gasteiger partial charge in [-0.15, -0.1) is 0 Å². The minimum Gasteiger partial charge on any atom is -0.480 e. The zero-order valence-electron chi connectivity index (χ0n) is 7.63. The van der Waals surface area contributed by atoms with E-state index in [2.05, 4.69) is 12.0 Å². The molecule has 3 N–H and O–H groups in total. The molecule has 5 heteroatoms. The van der Waals surface area contributed by atoms with Crippen molar-refractivity contribution in [2.24, 2.45) is 5.73 Å². The third-order valence-corrected chi connectivity index (χ3v) is 0.929. The number of urea groups is 1. The molecule has 0 aliphatic heterocycles. The van der Waals surface area contributed by atoms with Crippen LogP contribution in [0.4, 0.5) is 4.79 Å². The Labute approximate surface area is 71.6 Å². The fraction of sp³-hybridized carbons (Fsp3) is 0.429. The summed E-state index contributed by atoms with van der Waals surface area (Å²) < 4.78 is 6.52. The number of aliphatic carboxylic acids is 1. The molecule has 12 heavy (non-hydrogen) atoms. The molecule has 0 aromatic rings. The summed E-state index contributed by atoms with van der Waals surface area (Å²) in [5.41, 5.74) is 1.55. The largest absolute Gasteiger partial charge is 0.480 e. The summed E-state index contributed by atoms with van der Waals surface area (Å²) in [6, 6.07) is 1.48. The van der Waals surface area contributed by atoms with Gasteiger partial charge in [0.1, 0.15) is 6.54 Å². The van der Waals surface area contributed by atoms with E-state index in [1.54, 1.807) is 12.7 Å². The van der Waals surface area contributed by atoms with Gasteiger partial charge in [0.25, 0.3) is 0 Å². The number of hydrogen-bond donors (Lipinski definition) is 2. The molecule has 66 valence electrons. The molecule has 0 fully saturated rings. The highest BCUT2D eigenvalue weighted by Crippen LogP contribution is 1.84. The van der Waals surface area contributed by atoms with Crippen LogP contribution in [0.2, 0.25) is 1.41 Å². The smallest absolute Gasteiger partial charge is 0.326 e. The number of nitrogens with zero attached hydrogens (tertiary/aromatic N) is 1. The van der Waals surface area contributed by atoms with E-state index in [-0.39, 0.29) is 0 Å². The Bertz CT molecular complexity index is 256. The first-order valence-electron chi connectivity index (χ1n) is 3.81. The van der Waals surface area contributed by atoms with E-state index in [9.17, 15) is 9.59 Å². The minimum absolute atomic E-state index is 0.515. The maximum absolute atomic E-state index is 10.8. The van der Waals surface area contributed by atoms with Crippen LogP contribution < -0.4 is 5.73 Å². The summed E-state index contributed by atoms with van der Waals surface area (Å²) in [4.78, 5) is 21.8. The van der Waals surface area contributed by atoms with E-state index < -0.39 is 18.5 Å². The van der Waals surface area contributed by atoms with Gasteiger partial charge in [0.15, 0.2) is 1.41 Å². The van der Waals surface area contributed by atoms with E-state index >= 15 is 0 Å². The van der Waals surface area contributed by atoms with Gasteiger partial charge >= 0.3 is 12.0 Å². The highest BCUT2D eigenvalue weighted by atomic mass is 16.4. The fourth-order valence-corrected chi connectivity index (χ4v) is 0.472. The molecule has 0 aliphatic rings. The molecule has 0 radical (unpaired) electrons. The monoisotopic (exact) mass is 171 g/mol. The van der Waals surface area contributed by atoms with E-state index in [0.717, 1.165) is 4.90 Å². The van der Waals surface area contributed by atoms with Gasteiger partial charge in [0, 0.05) is 12.5 Å². The number of carboxylic acids is 1. The van der Waals surface area contributed by atoms with E-state index in [4.69, 9.17) is 6.52 Å². The van der Waals surface area contributed by atoms with Crippen LogP contribution >= 0.6 is 0 Å². The average molecular weight is 171 g/mol. The zero-order chi connectivity index (χ0) is 10.3. The van der Waals surface area contributed by atoms with Crippen molar-refractivity contribution in [2.75, 3.05) is 6.54 Å². The van der Waals surface area contributed by atoms with E-state index in [1.165, 1.54) is 0 Å². The standard InChI is InChI=1S/C7H10N2O3/c1-2-3-4-9(7(8)12)5-6(10)11/h2,5H2,1H3,(H2,8,12)(H,10,11)/i/hD.